The summed E-state index contributed by atoms with van der Waals surface area (Å²) < 4.78 is 13.6. The highest BCUT2D eigenvalue weighted by atomic mass is 28.4. The van der Waals surface area contributed by atoms with Crippen molar-refractivity contribution in [3.63, 3.8) is 0 Å². The number of nitrogens with zero attached hydrogens (tertiary/aromatic N) is 1. The standard InChI is InChI=1S/C4H20N4Si4/c1-2-3-4-8-11-6-9-5-10-7-12-8/h5-7H,2-4,9-12H2,1H3. The van der Waals surface area contributed by atoms with Gasteiger partial charge in [-0.3, -0.25) is 0 Å². The molecule has 3 N–H and O–H groups in total. The van der Waals surface area contributed by atoms with Gasteiger partial charge in [-0.2, -0.15) is 0 Å². The quantitative estimate of drug-likeness (QED) is 0.436. The Hall–Kier alpha value is 0.708. The van der Waals surface area contributed by atoms with Crippen molar-refractivity contribution in [1.82, 2.24) is 18.2 Å². The predicted octanol–water partition coefficient (Wildman–Crippen LogP) is -4.13. The first-order valence-electron chi connectivity index (χ1n) is 4.78. The van der Waals surface area contributed by atoms with Gasteiger partial charge in [-0.05, 0) is 13.0 Å². The van der Waals surface area contributed by atoms with Crippen LogP contribution in [0.3, 0.4) is 0 Å². The molecule has 0 aromatic rings. The molecule has 0 atom stereocenters. The van der Waals surface area contributed by atoms with Crippen LogP contribution in [0.15, 0.2) is 0 Å². The van der Waals surface area contributed by atoms with Gasteiger partial charge >= 0.3 is 0 Å². The molecule has 0 unspecified atom stereocenters. The largest absolute Gasteiger partial charge is 0.346 e. The maximum absolute atomic E-state index is 3.67. The molecule has 1 rings (SSSR count). The van der Waals surface area contributed by atoms with Crippen molar-refractivity contribution in [3.05, 3.63) is 0 Å². The summed E-state index contributed by atoms with van der Waals surface area (Å²) in [5.41, 5.74) is 0. The monoisotopic (exact) mass is 236 g/mol. The third kappa shape index (κ3) is 4.66. The summed E-state index contributed by atoms with van der Waals surface area (Å²) in [5, 5.41) is 0. The van der Waals surface area contributed by atoms with Crippen molar-refractivity contribution < 1.29 is 0 Å². The fraction of sp³-hybridized carbons (Fsp3) is 1.00. The molecule has 1 saturated heterocycles. The molecule has 12 heavy (non-hydrogen) atoms. The normalized spacial score (nSPS) is 29.8. The molecular formula is C4H20N4Si4. The Balaban J connectivity index is 2.11. The smallest absolute Gasteiger partial charge is 0.158 e. The van der Waals surface area contributed by atoms with Gasteiger partial charge in [0.25, 0.3) is 0 Å². The van der Waals surface area contributed by atoms with E-state index in [1.54, 1.807) is 0 Å². The van der Waals surface area contributed by atoms with Crippen molar-refractivity contribution in [2.24, 2.45) is 0 Å². The van der Waals surface area contributed by atoms with E-state index in [0.717, 1.165) is 0 Å². The zero-order valence-electron chi connectivity index (χ0n) is 7.90. The third-order valence-corrected chi connectivity index (χ3v) is 10.7. The number of nitrogens with one attached hydrogen (secondary N) is 3. The van der Waals surface area contributed by atoms with E-state index in [0.29, 0.717) is 0 Å². The zero-order chi connectivity index (χ0) is 8.65. The second-order valence-electron chi connectivity index (χ2n) is 3.17. The van der Waals surface area contributed by atoms with Gasteiger partial charge in [0, 0.05) is 0 Å². The van der Waals surface area contributed by atoms with Gasteiger partial charge in [-0.25, -0.2) is 0 Å². The van der Waals surface area contributed by atoms with Gasteiger partial charge < -0.3 is 18.2 Å². The Kier molecular flexibility index (Phi) is 6.42. The lowest BCUT2D eigenvalue weighted by Crippen LogP contribution is -2.57. The molecule has 1 aliphatic heterocycles. The predicted molar refractivity (Wildman–Crippen MR) is 65.2 cm³/mol. The minimum Gasteiger partial charge on any atom is -0.346 e. The molecule has 72 valence electrons. The van der Waals surface area contributed by atoms with Crippen LogP contribution in [0.25, 0.3) is 0 Å². The van der Waals surface area contributed by atoms with E-state index in [4.69, 9.17) is 0 Å². The van der Waals surface area contributed by atoms with E-state index in [9.17, 15) is 0 Å². The molecule has 1 aliphatic rings. The van der Waals surface area contributed by atoms with Crippen LogP contribution >= 0.6 is 0 Å². The van der Waals surface area contributed by atoms with Crippen LogP contribution < -0.4 is 13.9 Å². The third-order valence-electron chi connectivity index (χ3n) is 2.00. The molecule has 0 saturated carbocycles. The summed E-state index contributed by atoms with van der Waals surface area (Å²) in [5.74, 6) is 0. The molecule has 1 heterocycles. The fourth-order valence-electron chi connectivity index (χ4n) is 1.26. The first-order valence-corrected chi connectivity index (χ1v) is 10.3. The SMILES string of the molecule is CCCCN1[SiH2]N[SiH2]N[SiH2]N[SiH2]1. The molecule has 8 heteroatoms. The second-order valence-corrected chi connectivity index (χ2v) is 13.2. The van der Waals surface area contributed by atoms with Crippen LogP contribution in [0, 0.1) is 0 Å². The molecule has 1 fully saturated rings. The summed E-state index contributed by atoms with van der Waals surface area (Å²) >= 11 is 0. The van der Waals surface area contributed by atoms with Crippen LogP contribution in [0.5, 0.6) is 0 Å². The second kappa shape index (κ2) is 7.14. The Bertz CT molecular complexity index is 104. The molecule has 0 aromatic carbocycles. The highest BCUT2D eigenvalue weighted by Crippen LogP contribution is 1.89. The summed E-state index contributed by atoms with van der Waals surface area (Å²) in [6.45, 7) is 3.64. The van der Waals surface area contributed by atoms with Crippen LogP contribution in [0.1, 0.15) is 19.8 Å². The van der Waals surface area contributed by atoms with Gasteiger partial charge in [-0.1, -0.05) is 13.3 Å². The van der Waals surface area contributed by atoms with Crippen molar-refractivity contribution in [1.29, 1.82) is 0 Å². The van der Waals surface area contributed by atoms with Crippen LogP contribution in [-0.4, -0.2) is 50.1 Å². The lowest BCUT2D eigenvalue weighted by Gasteiger charge is -2.25. The summed E-state index contributed by atoms with van der Waals surface area (Å²) in [6.07, 6.45) is 2.73. The average molecular weight is 237 g/mol. The van der Waals surface area contributed by atoms with Crippen molar-refractivity contribution >= 4 is 39.4 Å². The van der Waals surface area contributed by atoms with Gasteiger partial charge in [0.15, 0.2) is 39.4 Å². The Morgan fingerprint density at radius 1 is 1.08 bits per heavy atom. The average Bonchev–Trinajstić information content (AvgIpc) is 2.02. The van der Waals surface area contributed by atoms with E-state index in [1.165, 1.54) is 19.4 Å². The minimum atomic E-state index is -0.0620. The molecule has 0 bridgehead atoms. The minimum absolute atomic E-state index is 0.0508. The van der Waals surface area contributed by atoms with Crippen LogP contribution in [-0.2, 0) is 0 Å². The van der Waals surface area contributed by atoms with Gasteiger partial charge in [0.2, 0.25) is 0 Å². The van der Waals surface area contributed by atoms with Crippen LogP contribution in [0.4, 0.5) is 0 Å². The fourth-order valence-corrected chi connectivity index (χ4v) is 13.8. The Morgan fingerprint density at radius 3 is 2.33 bits per heavy atom. The van der Waals surface area contributed by atoms with Crippen molar-refractivity contribution in [2.45, 2.75) is 19.8 Å². The Morgan fingerprint density at radius 2 is 1.75 bits per heavy atom. The van der Waals surface area contributed by atoms with Gasteiger partial charge in [0.1, 0.15) is 0 Å². The van der Waals surface area contributed by atoms with Gasteiger partial charge in [0.05, 0.1) is 0 Å². The van der Waals surface area contributed by atoms with Crippen molar-refractivity contribution in [3.8, 4) is 0 Å². The van der Waals surface area contributed by atoms with E-state index >= 15 is 0 Å². The zero-order valence-corrected chi connectivity index (χ0v) is 13.6. The van der Waals surface area contributed by atoms with E-state index < -0.39 is 0 Å². The Labute approximate surface area is 84.2 Å². The molecule has 0 spiro atoms. The first-order chi connectivity index (χ1) is 5.93. The molecule has 0 radical (unpaired) electrons. The lowest BCUT2D eigenvalue weighted by atomic mass is 10.3. The molecule has 0 aromatic heterocycles. The molecule has 0 aliphatic carbocycles. The molecule has 4 nitrogen and oxygen atoms in total. The van der Waals surface area contributed by atoms with E-state index in [-0.39, 0.29) is 39.4 Å². The maximum Gasteiger partial charge on any atom is 0.158 e. The highest BCUT2D eigenvalue weighted by molar-refractivity contribution is 6.65. The number of unbranched alkanes of at least 4 members (excludes halogenated alkanes) is 1. The van der Waals surface area contributed by atoms with Crippen molar-refractivity contribution in [2.75, 3.05) is 6.54 Å². The van der Waals surface area contributed by atoms with Crippen LogP contribution in [0.2, 0.25) is 0 Å². The summed E-state index contributed by atoms with van der Waals surface area (Å²) in [6, 6.07) is 0. The van der Waals surface area contributed by atoms with E-state index in [1.807, 2.05) is 0 Å². The molecule has 0 amide bonds. The lowest BCUT2D eigenvalue weighted by molar-refractivity contribution is 0.608. The van der Waals surface area contributed by atoms with Gasteiger partial charge in [-0.15, -0.1) is 0 Å². The number of hydrogen-bond acceptors (Lipinski definition) is 4. The van der Waals surface area contributed by atoms with E-state index in [2.05, 4.69) is 25.1 Å². The maximum atomic E-state index is 3.67. The number of rotatable bonds is 3. The highest BCUT2D eigenvalue weighted by Gasteiger charge is 2.06. The topological polar surface area (TPSA) is 39.3 Å². The first kappa shape index (κ1) is 10.8. The summed E-state index contributed by atoms with van der Waals surface area (Å²) in [4.78, 5) is 0. The summed E-state index contributed by atoms with van der Waals surface area (Å²) in [7, 11) is -0.226. The number of hydrogen-bond donors (Lipinski definition) is 3. The molecular weight excluding hydrogens is 216 g/mol.